The van der Waals surface area contributed by atoms with E-state index in [1.54, 1.807) is 0 Å². The number of nitrogens with zero attached hydrogens (tertiary/aromatic N) is 2. The number of pyridine rings is 1. The topological polar surface area (TPSA) is 37.5 Å². The number of rotatable bonds is 3. The van der Waals surface area contributed by atoms with Crippen LogP contribution in [0.1, 0.15) is 42.7 Å². The average molecular weight is 266 g/mol. The van der Waals surface area contributed by atoms with E-state index in [1.165, 1.54) is 0 Å². The summed E-state index contributed by atoms with van der Waals surface area (Å²) in [5, 5.41) is 10.4. The molecule has 0 fully saturated rings. The van der Waals surface area contributed by atoms with E-state index in [-0.39, 0.29) is 0 Å². The summed E-state index contributed by atoms with van der Waals surface area (Å²) < 4.78 is 1.98. The van der Waals surface area contributed by atoms with Gasteiger partial charge in [-0.1, -0.05) is 50.2 Å². The summed E-state index contributed by atoms with van der Waals surface area (Å²) in [5.74, 6) is 0.400. The van der Waals surface area contributed by atoms with Gasteiger partial charge in [0.1, 0.15) is 11.8 Å². The van der Waals surface area contributed by atoms with E-state index in [9.17, 15) is 5.11 Å². The van der Waals surface area contributed by atoms with E-state index in [0.717, 1.165) is 22.5 Å². The lowest BCUT2D eigenvalue weighted by Gasteiger charge is -2.11. The molecule has 0 radical (unpaired) electrons. The average Bonchev–Trinajstić information content (AvgIpc) is 2.90. The molecular formula is C17H18N2O. The lowest BCUT2D eigenvalue weighted by molar-refractivity contribution is 0.220. The molecule has 20 heavy (non-hydrogen) atoms. The van der Waals surface area contributed by atoms with Crippen LogP contribution in [-0.2, 0) is 0 Å². The maximum atomic E-state index is 10.4. The van der Waals surface area contributed by atoms with Gasteiger partial charge >= 0.3 is 0 Å². The molecule has 3 aromatic rings. The molecule has 0 unspecified atom stereocenters. The van der Waals surface area contributed by atoms with Crippen LogP contribution in [-0.4, -0.2) is 14.5 Å². The van der Waals surface area contributed by atoms with Gasteiger partial charge in [0.25, 0.3) is 0 Å². The number of fused-ring (bicyclic) bond motifs is 1. The maximum Gasteiger partial charge on any atom is 0.137 e. The van der Waals surface area contributed by atoms with E-state index < -0.39 is 6.10 Å². The first-order valence-corrected chi connectivity index (χ1v) is 6.86. The highest BCUT2D eigenvalue weighted by Crippen LogP contribution is 2.23. The summed E-state index contributed by atoms with van der Waals surface area (Å²) >= 11 is 0. The summed E-state index contributed by atoms with van der Waals surface area (Å²) in [6.45, 7) is 4.25. The van der Waals surface area contributed by atoms with Crippen LogP contribution >= 0.6 is 0 Å². The Morgan fingerprint density at radius 1 is 0.950 bits per heavy atom. The Balaban J connectivity index is 2.00. The van der Waals surface area contributed by atoms with E-state index in [0.29, 0.717) is 5.92 Å². The zero-order chi connectivity index (χ0) is 14.1. The third-order valence-corrected chi connectivity index (χ3v) is 3.52. The second kappa shape index (κ2) is 5.10. The first kappa shape index (κ1) is 12.9. The van der Waals surface area contributed by atoms with Crippen LogP contribution in [0, 0.1) is 0 Å². The van der Waals surface area contributed by atoms with Crippen LogP contribution in [0.4, 0.5) is 0 Å². The molecule has 1 atom stereocenters. The monoisotopic (exact) mass is 266 g/mol. The Bertz CT molecular complexity index is 716. The van der Waals surface area contributed by atoms with Crippen molar-refractivity contribution in [1.82, 2.24) is 9.38 Å². The van der Waals surface area contributed by atoms with Crippen LogP contribution in [0.2, 0.25) is 0 Å². The van der Waals surface area contributed by atoms with Crippen molar-refractivity contribution in [3.8, 4) is 0 Å². The summed E-state index contributed by atoms with van der Waals surface area (Å²) in [6.07, 6.45) is 3.37. The first-order chi connectivity index (χ1) is 9.65. The zero-order valence-electron chi connectivity index (χ0n) is 11.7. The van der Waals surface area contributed by atoms with Crippen LogP contribution in [0.3, 0.4) is 0 Å². The lowest BCUT2D eigenvalue weighted by Crippen LogP contribution is -2.00. The summed E-state index contributed by atoms with van der Waals surface area (Å²) in [6, 6.07) is 13.6. The molecule has 2 aromatic heterocycles. The van der Waals surface area contributed by atoms with Crippen molar-refractivity contribution in [2.75, 3.05) is 0 Å². The molecule has 0 bridgehead atoms. The van der Waals surface area contributed by atoms with Crippen LogP contribution in [0.5, 0.6) is 0 Å². The molecule has 0 spiro atoms. The number of aromatic nitrogens is 2. The predicted molar refractivity (Wildman–Crippen MR) is 79.8 cm³/mol. The molecule has 0 amide bonds. The Kier molecular flexibility index (Phi) is 3.28. The minimum Gasteiger partial charge on any atom is -0.384 e. The van der Waals surface area contributed by atoms with Gasteiger partial charge < -0.3 is 9.51 Å². The van der Waals surface area contributed by atoms with Crippen molar-refractivity contribution in [3.05, 3.63) is 71.7 Å². The predicted octanol–water partition coefficient (Wildman–Crippen LogP) is 3.54. The molecule has 1 aromatic carbocycles. The van der Waals surface area contributed by atoms with Crippen molar-refractivity contribution in [1.29, 1.82) is 0 Å². The molecular weight excluding hydrogens is 248 g/mol. The molecule has 102 valence electrons. The van der Waals surface area contributed by atoms with Gasteiger partial charge in [-0.25, -0.2) is 4.98 Å². The largest absolute Gasteiger partial charge is 0.384 e. The molecule has 0 aliphatic rings. The normalized spacial score (nSPS) is 13.0. The number of imidazole rings is 1. The highest BCUT2D eigenvalue weighted by Gasteiger charge is 2.12. The van der Waals surface area contributed by atoms with Gasteiger partial charge in [-0.15, -0.1) is 0 Å². The molecule has 3 nitrogen and oxygen atoms in total. The Morgan fingerprint density at radius 2 is 1.70 bits per heavy atom. The number of aliphatic hydroxyl groups excluding tert-OH is 1. The fourth-order valence-corrected chi connectivity index (χ4v) is 2.30. The first-order valence-electron chi connectivity index (χ1n) is 6.86. The van der Waals surface area contributed by atoms with Crippen LogP contribution in [0.15, 0.2) is 54.9 Å². The second-order valence-electron chi connectivity index (χ2n) is 5.36. The number of hydrogen-bond acceptors (Lipinski definition) is 2. The smallest absolute Gasteiger partial charge is 0.137 e. The quantitative estimate of drug-likeness (QED) is 0.787. The van der Waals surface area contributed by atoms with Crippen molar-refractivity contribution in [2.45, 2.75) is 25.9 Å². The number of benzene rings is 1. The third kappa shape index (κ3) is 2.32. The van der Waals surface area contributed by atoms with Gasteiger partial charge in [0, 0.05) is 18.0 Å². The van der Waals surface area contributed by atoms with Crippen molar-refractivity contribution in [3.63, 3.8) is 0 Å². The van der Waals surface area contributed by atoms with Gasteiger partial charge in [-0.05, 0) is 17.5 Å². The molecule has 3 heteroatoms. The Hall–Kier alpha value is -2.13. The summed E-state index contributed by atoms with van der Waals surface area (Å²) in [5.41, 5.74) is 3.75. The molecule has 1 N–H and O–H groups in total. The minimum atomic E-state index is -0.606. The van der Waals surface area contributed by atoms with Crippen LogP contribution < -0.4 is 0 Å². The molecule has 0 saturated heterocycles. The number of aliphatic hydroxyl groups is 1. The van der Waals surface area contributed by atoms with Crippen molar-refractivity contribution in [2.24, 2.45) is 0 Å². The standard InChI is InChI=1S/C17H18N2O/c1-12(2)15-11-19-10-14(8-9-16(19)18-15)17(20)13-6-4-3-5-7-13/h3-12,17,20H,1-2H3/t17-/m0/s1. The maximum absolute atomic E-state index is 10.4. The van der Waals surface area contributed by atoms with Crippen LogP contribution in [0.25, 0.3) is 5.65 Å². The van der Waals surface area contributed by atoms with E-state index in [4.69, 9.17) is 0 Å². The summed E-state index contributed by atoms with van der Waals surface area (Å²) in [7, 11) is 0. The fraction of sp³-hybridized carbons (Fsp3) is 0.235. The third-order valence-electron chi connectivity index (χ3n) is 3.52. The van der Waals surface area contributed by atoms with Gasteiger partial charge in [0.05, 0.1) is 5.69 Å². The second-order valence-corrected chi connectivity index (χ2v) is 5.36. The van der Waals surface area contributed by atoms with Gasteiger partial charge in [-0.3, -0.25) is 0 Å². The Morgan fingerprint density at radius 3 is 2.40 bits per heavy atom. The molecule has 0 aliphatic heterocycles. The van der Waals surface area contributed by atoms with Gasteiger partial charge in [0.15, 0.2) is 0 Å². The number of hydrogen-bond donors (Lipinski definition) is 1. The SMILES string of the molecule is CC(C)c1cn2cc([C@@H](O)c3ccccc3)ccc2n1. The molecule has 3 rings (SSSR count). The minimum absolute atomic E-state index is 0.400. The van der Waals surface area contributed by atoms with E-state index in [2.05, 4.69) is 18.8 Å². The lowest BCUT2D eigenvalue weighted by atomic mass is 10.0. The van der Waals surface area contributed by atoms with E-state index >= 15 is 0 Å². The van der Waals surface area contributed by atoms with Gasteiger partial charge in [-0.2, -0.15) is 0 Å². The van der Waals surface area contributed by atoms with Crippen molar-refractivity contribution >= 4 is 5.65 Å². The van der Waals surface area contributed by atoms with Gasteiger partial charge in [0.2, 0.25) is 0 Å². The Labute approximate surface area is 118 Å². The fourth-order valence-electron chi connectivity index (χ4n) is 2.30. The van der Waals surface area contributed by atoms with E-state index in [1.807, 2.05) is 59.3 Å². The zero-order valence-corrected chi connectivity index (χ0v) is 11.7. The van der Waals surface area contributed by atoms with Crippen molar-refractivity contribution < 1.29 is 5.11 Å². The summed E-state index contributed by atoms with van der Waals surface area (Å²) in [4.78, 5) is 4.57. The highest BCUT2D eigenvalue weighted by molar-refractivity contribution is 5.43. The molecule has 0 aliphatic carbocycles. The highest BCUT2D eigenvalue weighted by atomic mass is 16.3. The molecule has 2 heterocycles. The molecule has 0 saturated carbocycles.